The van der Waals surface area contributed by atoms with Gasteiger partial charge in [0.2, 0.25) is 0 Å². The molecule has 3 nitrogen and oxygen atoms in total. The average Bonchev–Trinajstić information content (AvgIpc) is 3.59. The molecule has 256 valence electrons. The molecule has 0 aliphatic heterocycles. The molecule has 3 heteroatoms. The van der Waals surface area contributed by atoms with Gasteiger partial charge in [0.05, 0.1) is 28.6 Å². The third kappa shape index (κ3) is 5.13. The van der Waals surface area contributed by atoms with Crippen LogP contribution in [0.15, 0.2) is 200 Å². The maximum atomic E-state index is 4.87. The van der Waals surface area contributed by atoms with Gasteiger partial charge in [-0.2, -0.15) is 0 Å². The number of aromatic nitrogens is 3. The normalized spacial score (nSPS) is 11.6. The van der Waals surface area contributed by atoms with Crippen LogP contribution in [0.3, 0.4) is 0 Å². The van der Waals surface area contributed by atoms with E-state index in [0.29, 0.717) is 0 Å². The molecule has 0 aliphatic rings. The van der Waals surface area contributed by atoms with Gasteiger partial charge in [-0.05, 0) is 114 Å². The largest absolute Gasteiger partial charge is 0.308 e. The highest BCUT2D eigenvalue weighted by molar-refractivity contribution is 6.22. The number of benzene rings is 8. The standard InChI is InChI=1S/C52H33N3/c1-2-14-40(15-3-1)55-49-28-27-38(31-45(49)46-32-48(54-33-50(46)55)47-20-10-11-29-53-47)35-21-24-36(25-22-35)51-41-16-6-8-18-43(41)52(44-19-9-7-17-42(44)51)39-26-23-34-12-4-5-13-37(34)30-39/h1-33H. The quantitative estimate of drug-likeness (QED) is 0.167. The highest BCUT2D eigenvalue weighted by atomic mass is 15.0. The fourth-order valence-corrected chi connectivity index (χ4v) is 8.53. The van der Waals surface area contributed by atoms with Crippen LogP contribution in [0.1, 0.15) is 0 Å². The van der Waals surface area contributed by atoms with E-state index in [1.54, 1.807) is 0 Å². The van der Waals surface area contributed by atoms with E-state index < -0.39 is 0 Å². The Kier molecular flexibility index (Phi) is 7.17. The van der Waals surface area contributed by atoms with Crippen molar-refractivity contribution in [3.05, 3.63) is 200 Å². The van der Waals surface area contributed by atoms with E-state index in [2.05, 4.69) is 179 Å². The van der Waals surface area contributed by atoms with E-state index in [0.717, 1.165) is 33.5 Å². The van der Waals surface area contributed by atoms with Gasteiger partial charge < -0.3 is 4.57 Å². The highest BCUT2D eigenvalue weighted by Crippen LogP contribution is 2.44. The van der Waals surface area contributed by atoms with Crippen LogP contribution in [-0.4, -0.2) is 14.5 Å². The molecule has 0 aliphatic carbocycles. The van der Waals surface area contributed by atoms with Crippen LogP contribution < -0.4 is 0 Å². The maximum Gasteiger partial charge on any atom is 0.0893 e. The fourth-order valence-electron chi connectivity index (χ4n) is 8.53. The van der Waals surface area contributed by atoms with Gasteiger partial charge >= 0.3 is 0 Å². The van der Waals surface area contributed by atoms with Crippen LogP contribution in [0, 0.1) is 0 Å². The molecule has 0 bridgehead atoms. The van der Waals surface area contributed by atoms with Gasteiger partial charge in [0.1, 0.15) is 0 Å². The molecular formula is C52H33N3. The smallest absolute Gasteiger partial charge is 0.0893 e. The van der Waals surface area contributed by atoms with Gasteiger partial charge in [0.15, 0.2) is 0 Å². The first kappa shape index (κ1) is 31.2. The minimum absolute atomic E-state index is 0.862. The molecule has 0 amide bonds. The predicted molar refractivity (Wildman–Crippen MR) is 231 cm³/mol. The summed E-state index contributed by atoms with van der Waals surface area (Å²) in [6, 6.07) is 67.8. The van der Waals surface area contributed by atoms with Crippen LogP contribution >= 0.6 is 0 Å². The van der Waals surface area contributed by atoms with E-state index in [9.17, 15) is 0 Å². The third-order valence-corrected chi connectivity index (χ3v) is 11.1. The summed E-state index contributed by atoms with van der Waals surface area (Å²) in [7, 11) is 0. The van der Waals surface area contributed by atoms with Crippen molar-refractivity contribution in [3.63, 3.8) is 0 Å². The second-order valence-electron chi connectivity index (χ2n) is 14.2. The Hall–Kier alpha value is -7.36. The molecule has 8 aromatic carbocycles. The van der Waals surface area contributed by atoms with Gasteiger partial charge in [-0.1, -0.05) is 140 Å². The predicted octanol–water partition coefficient (Wildman–Crippen LogP) is 13.7. The summed E-state index contributed by atoms with van der Waals surface area (Å²) in [4.78, 5) is 9.47. The summed E-state index contributed by atoms with van der Waals surface area (Å²) in [6.45, 7) is 0. The van der Waals surface area contributed by atoms with Crippen LogP contribution in [0.2, 0.25) is 0 Å². The molecule has 3 heterocycles. The molecule has 0 N–H and O–H groups in total. The zero-order valence-electron chi connectivity index (χ0n) is 29.9. The van der Waals surface area contributed by atoms with E-state index in [-0.39, 0.29) is 0 Å². The molecule has 0 atom stereocenters. The van der Waals surface area contributed by atoms with E-state index in [1.807, 2.05) is 30.6 Å². The average molecular weight is 700 g/mol. The van der Waals surface area contributed by atoms with Crippen LogP contribution in [-0.2, 0) is 0 Å². The molecule has 3 aromatic heterocycles. The number of para-hydroxylation sites is 1. The van der Waals surface area contributed by atoms with Crippen LogP contribution in [0.5, 0.6) is 0 Å². The summed E-state index contributed by atoms with van der Waals surface area (Å²) in [5.74, 6) is 0. The Morgan fingerprint density at radius 3 is 1.62 bits per heavy atom. The van der Waals surface area contributed by atoms with Crippen LogP contribution in [0.25, 0.3) is 105 Å². The second kappa shape index (κ2) is 12.6. The molecule has 0 radical (unpaired) electrons. The molecule has 0 spiro atoms. The van der Waals surface area contributed by atoms with E-state index in [4.69, 9.17) is 4.98 Å². The van der Waals surface area contributed by atoms with E-state index in [1.165, 1.54) is 71.1 Å². The first-order valence-electron chi connectivity index (χ1n) is 18.7. The minimum atomic E-state index is 0.862. The summed E-state index contributed by atoms with van der Waals surface area (Å²) in [6.07, 6.45) is 3.81. The molecule has 55 heavy (non-hydrogen) atoms. The summed E-state index contributed by atoms with van der Waals surface area (Å²) >= 11 is 0. The Labute approximate surface area is 318 Å². The lowest BCUT2D eigenvalue weighted by molar-refractivity contribution is 1.16. The second-order valence-corrected chi connectivity index (χ2v) is 14.2. The van der Waals surface area contributed by atoms with Crippen molar-refractivity contribution in [2.24, 2.45) is 0 Å². The minimum Gasteiger partial charge on any atom is -0.308 e. The molecular weight excluding hydrogens is 667 g/mol. The van der Waals surface area contributed by atoms with Gasteiger partial charge in [-0.3, -0.25) is 9.97 Å². The molecule has 0 saturated carbocycles. The van der Waals surface area contributed by atoms with Gasteiger partial charge in [0.25, 0.3) is 0 Å². The van der Waals surface area contributed by atoms with Gasteiger partial charge in [-0.25, -0.2) is 0 Å². The Bertz CT molecular complexity index is 3180. The van der Waals surface area contributed by atoms with Crippen molar-refractivity contribution >= 4 is 54.1 Å². The number of nitrogens with zero attached hydrogens (tertiary/aromatic N) is 3. The van der Waals surface area contributed by atoms with Crippen molar-refractivity contribution < 1.29 is 0 Å². The lowest BCUT2D eigenvalue weighted by Gasteiger charge is -2.18. The summed E-state index contributed by atoms with van der Waals surface area (Å²) in [5, 5.41) is 9.86. The molecule has 0 saturated heterocycles. The van der Waals surface area contributed by atoms with Crippen LogP contribution in [0.4, 0.5) is 0 Å². The zero-order chi connectivity index (χ0) is 36.3. The number of rotatable bonds is 5. The van der Waals surface area contributed by atoms with Crippen molar-refractivity contribution in [1.29, 1.82) is 0 Å². The highest BCUT2D eigenvalue weighted by Gasteiger charge is 2.18. The molecule has 11 aromatic rings. The third-order valence-electron chi connectivity index (χ3n) is 11.1. The monoisotopic (exact) mass is 699 g/mol. The SMILES string of the molecule is c1ccc(-n2c3ccc(-c4ccc(-c5c6ccccc6c(-c6ccc7ccccc7c6)c6ccccc56)cc4)cc3c3cc(-c4ccccn4)ncc32)cc1. The molecule has 0 fully saturated rings. The Morgan fingerprint density at radius 2 is 0.909 bits per heavy atom. The van der Waals surface area contributed by atoms with Crippen molar-refractivity contribution in [2.75, 3.05) is 0 Å². The first-order valence-corrected chi connectivity index (χ1v) is 18.7. The number of pyridine rings is 2. The van der Waals surface area contributed by atoms with Crippen molar-refractivity contribution in [3.8, 4) is 50.5 Å². The number of hydrogen-bond donors (Lipinski definition) is 0. The summed E-state index contributed by atoms with van der Waals surface area (Å²) in [5.41, 5.74) is 12.4. The molecule has 0 unspecified atom stereocenters. The number of fused-ring (bicyclic) bond motifs is 6. The summed E-state index contributed by atoms with van der Waals surface area (Å²) < 4.78 is 2.31. The van der Waals surface area contributed by atoms with Gasteiger partial charge in [-0.15, -0.1) is 0 Å². The van der Waals surface area contributed by atoms with Crippen molar-refractivity contribution in [2.45, 2.75) is 0 Å². The lowest BCUT2D eigenvalue weighted by Crippen LogP contribution is -1.94. The fraction of sp³-hybridized carbons (Fsp3) is 0. The Balaban J connectivity index is 1.06. The topological polar surface area (TPSA) is 30.7 Å². The number of hydrogen-bond acceptors (Lipinski definition) is 2. The molecule has 11 rings (SSSR count). The van der Waals surface area contributed by atoms with Gasteiger partial charge in [0, 0.05) is 22.7 Å². The van der Waals surface area contributed by atoms with E-state index >= 15 is 0 Å². The van der Waals surface area contributed by atoms with Crippen molar-refractivity contribution in [1.82, 2.24) is 14.5 Å². The maximum absolute atomic E-state index is 4.87. The Morgan fingerprint density at radius 1 is 0.327 bits per heavy atom. The first-order chi connectivity index (χ1) is 27.3. The zero-order valence-corrected chi connectivity index (χ0v) is 29.9. The lowest BCUT2D eigenvalue weighted by atomic mass is 9.85.